The fourth-order valence-electron chi connectivity index (χ4n) is 0.962. The van der Waals surface area contributed by atoms with Crippen molar-refractivity contribution in [2.75, 3.05) is 11.9 Å². The first kappa shape index (κ1) is 9.38. The van der Waals surface area contributed by atoms with Crippen molar-refractivity contribution < 1.29 is 15.0 Å². The highest BCUT2D eigenvalue weighted by Crippen LogP contribution is 2.23. The van der Waals surface area contributed by atoms with Crippen molar-refractivity contribution in [2.45, 2.75) is 6.92 Å². The monoisotopic (exact) mass is 181 g/mol. The van der Waals surface area contributed by atoms with E-state index >= 15 is 0 Å². The van der Waals surface area contributed by atoms with Crippen LogP contribution in [0.2, 0.25) is 0 Å². The molecule has 0 fully saturated rings. The van der Waals surface area contributed by atoms with Crippen LogP contribution in [0, 0.1) is 6.92 Å². The van der Waals surface area contributed by atoms with Gasteiger partial charge in [-0.05, 0) is 24.6 Å². The van der Waals surface area contributed by atoms with E-state index in [2.05, 4.69) is 5.32 Å². The predicted octanol–water partition coefficient (Wildman–Crippen LogP) is 1.20. The van der Waals surface area contributed by atoms with Gasteiger partial charge in [-0.15, -0.1) is 0 Å². The fourth-order valence-corrected chi connectivity index (χ4v) is 0.962. The zero-order valence-corrected chi connectivity index (χ0v) is 7.24. The molecule has 0 amide bonds. The van der Waals surface area contributed by atoms with Crippen molar-refractivity contribution in [3.05, 3.63) is 23.8 Å². The lowest BCUT2D eigenvalue weighted by Crippen LogP contribution is -2.12. The number of carbonyl (C=O) groups is 1. The summed E-state index contributed by atoms with van der Waals surface area (Å²) in [6.45, 7) is 1.67. The number of aryl methyl sites for hydroxylation is 1. The Hall–Kier alpha value is -1.71. The van der Waals surface area contributed by atoms with Crippen LogP contribution in [0.1, 0.15) is 5.56 Å². The van der Waals surface area contributed by atoms with E-state index in [0.717, 1.165) is 5.56 Å². The number of anilines is 1. The molecule has 3 N–H and O–H groups in total. The highest BCUT2D eigenvalue weighted by Gasteiger charge is 2.02. The third kappa shape index (κ3) is 2.66. The number of aromatic hydroxyl groups is 1. The SMILES string of the molecule is Cc1ccc(O)c(NCC(=O)O)c1. The Morgan fingerprint density at radius 3 is 2.85 bits per heavy atom. The summed E-state index contributed by atoms with van der Waals surface area (Å²) < 4.78 is 0. The number of nitrogens with one attached hydrogen (secondary N) is 1. The minimum atomic E-state index is -0.957. The molecule has 0 unspecified atom stereocenters. The summed E-state index contributed by atoms with van der Waals surface area (Å²) in [5, 5.41) is 20.3. The van der Waals surface area contributed by atoms with E-state index in [1.54, 1.807) is 12.1 Å². The number of benzene rings is 1. The maximum absolute atomic E-state index is 10.2. The Morgan fingerprint density at radius 1 is 1.54 bits per heavy atom. The molecule has 1 rings (SSSR count). The molecular weight excluding hydrogens is 170 g/mol. The van der Waals surface area contributed by atoms with Crippen LogP contribution >= 0.6 is 0 Å². The molecule has 0 bridgehead atoms. The van der Waals surface area contributed by atoms with E-state index in [4.69, 9.17) is 5.11 Å². The van der Waals surface area contributed by atoms with Crippen molar-refractivity contribution in [1.29, 1.82) is 0 Å². The number of aliphatic carboxylic acids is 1. The van der Waals surface area contributed by atoms with E-state index in [1.165, 1.54) is 6.07 Å². The summed E-state index contributed by atoms with van der Waals surface area (Å²) >= 11 is 0. The molecule has 70 valence electrons. The van der Waals surface area contributed by atoms with Crippen LogP contribution < -0.4 is 5.32 Å². The minimum Gasteiger partial charge on any atom is -0.506 e. The van der Waals surface area contributed by atoms with Crippen LogP contribution in [-0.2, 0) is 4.79 Å². The topological polar surface area (TPSA) is 69.6 Å². The van der Waals surface area contributed by atoms with E-state index in [0.29, 0.717) is 5.69 Å². The Morgan fingerprint density at radius 2 is 2.23 bits per heavy atom. The lowest BCUT2D eigenvalue weighted by Gasteiger charge is -2.06. The summed E-state index contributed by atoms with van der Waals surface area (Å²) in [7, 11) is 0. The molecule has 0 saturated carbocycles. The van der Waals surface area contributed by atoms with Crippen molar-refractivity contribution in [2.24, 2.45) is 0 Å². The maximum Gasteiger partial charge on any atom is 0.322 e. The van der Waals surface area contributed by atoms with Crippen molar-refractivity contribution >= 4 is 11.7 Å². The zero-order chi connectivity index (χ0) is 9.84. The molecule has 0 aliphatic rings. The van der Waals surface area contributed by atoms with Crippen LogP contribution in [-0.4, -0.2) is 22.7 Å². The molecule has 0 spiro atoms. The highest BCUT2D eigenvalue weighted by atomic mass is 16.4. The second-order valence-corrected chi connectivity index (χ2v) is 2.77. The smallest absolute Gasteiger partial charge is 0.322 e. The number of carboxylic acid groups (broad SMARTS) is 1. The van der Waals surface area contributed by atoms with Gasteiger partial charge in [-0.1, -0.05) is 6.07 Å². The normalized spacial score (nSPS) is 9.62. The first-order valence-electron chi connectivity index (χ1n) is 3.85. The molecule has 1 aromatic rings. The molecule has 4 heteroatoms. The lowest BCUT2D eigenvalue weighted by atomic mass is 10.2. The van der Waals surface area contributed by atoms with Gasteiger partial charge in [-0.2, -0.15) is 0 Å². The van der Waals surface area contributed by atoms with Crippen LogP contribution in [0.4, 0.5) is 5.69 Å². The Labute approximate surface area is 75.8 Å². The molecule has 0 atom stereocenters. The molecular formula is C9H11NO3. The second-order valence-electron chi connectivity index (χ2n) is 2.77. The Balaban J connectivity index is 2.75. The van der Waals surface area contributed by atoms with Crippen LogP contribution in [0.15, 0.2) is 18.2 Å². The number of phenolic OH excluding ortho intramolecular Hbond substituents is 1. The quantitative estimate of drug-likeness (QED) is 0.613. The minimum absolute atomic E-state index is 0.0619. The Bertz CT molecular complexity index is 323. The maximum atomic E-state index is 10.2. The van der Waals surface area contributed by atoms with Gasteiger partial charge in [-0.25, -0.2) is 0 Å². The van der Waals surface area contributed by atoms with E-state index in [9.17, 15) is 9.90 Å². The van der Waals surface area contributed by atoms with Crippen LogP contribution in [0.5, 0.6) is 5.75 Å². The van der Waals surface area contributed by atoms with Gasteiger partial charge in [0.25, 0.3) is 0 Å². The number of rotatable bonds is 3. The molecule has 0 radical (unpaired) electrons. The fraction of sp³-hybridized carbons (Fsp3) is 0.222. The van der Waals surface area contributed by atoms with Crippen molar-refractivity contribution in [1.82, 2.24) is 0 Å². The largest absolute Gasteiger partial charge is 0.506 e. The molecule has 0 aromatic heterocycles. The first-order valence-corrected chi connectivity index (χ1v) is 3.85. The number of hydrogen-bond donors (Lipinski definition) is 3. The summed E-state index contributed by atoms with van der Waals surface area (Å²) in [6, 6.07) is 4.97. The molecule has 13 heavy (non-hydrogen) atoms. The lowest BCUT2D eigenvalue weighted by molar-refractivity contribution is -0.134. The van der Waals surface area contributed by atoms with Gasteiger partial charge in [0.05, 0.1) is 5.69 Å². The first-order chi connectivity index (χ1) is 6.09. The van der Waals surface area contributed by atoms with E-state index in [1.807, 2.05) is 6.92 Å². The average Bonchev–Trinajstić information content (AvgIpc) is 2.06. The summed E-state index contributed by atoms with van der Waals surface area (Å²) in [6.07, 6.45) is 0. The third-order valence-electron chi connectivity index (χ3n) is 1.58. The van der Waals surface area contributed by atoms with Crippen LogP contribution in [0.3, 0.4) is 0 Å². The van der Waals surface area contributed by atoms with Crippen molar-refractivity contribution in [3.63, 3.8) is 0 Å². The van der Waals surface area contributed by atoms with Gasteiger partial charge in [0.15, 0.2) is 0 Å². The van der Waals surface area contributed by atoms with Gasteiger partial charge >= 0.3 is 5.97 Å². The molecule has 0 heterocycles. The molecule has 0 saturated heterocycles. The molecule has 0 aliphatic heterocycles. The number of hydrogen-bond acceptors (Lipinski definition) is 3. The molecule has 0 aliphatic carbocycles. The van der Waals surface area contributed by atoms with Gasteiger partial charge in [-0.3, -0.25) is 4.79 Å². The van der Waals surface area contributed by atoms with Gasteiger partial charge in [0.2, 0.25) is 0 Å². The van der Waals surface area contributed by atoms with Gasteiger partial charge in [0, 0.05) is 0 Å². The second kappa shape index (κ2) is 3.80. The summed E-state index contributed by atoms with van der Waals surface area (Å²) in [5.41, 5.74) is 1.41. The van der Waals surface area contributed by atoms with Crippen molar-refractivity contribution in [3.8, 4) is 5.75 Å². The number of carboxylic acids is 1. The summed E-state index contributed by atoms with van der Waals surface area (Å²) in [4.78, 5) is 10.2. The third-order valence-corrected chi connectivity index (χ3v) is 1.58. The molecule has 1 aromatic carbocycles. The number of phenols is 1. The standard InChI is InChI=1S/C9H11NO3/c1-6-2-3-8(11)7(4-6)10-5-9(12)13/h2-4,10-11H,5H2,1H3,(H,12,13). The predicted molar refractivity (Wildman–Crippen MR) is 49.0 cm³/mol. The molecule has 4 nitrogen and oxygen atoms in total. The van der Waals surface area contributed by atoms with Crippen LogP contribution in [0.25, 0.3) is 0 Å². The Kier molecular flexibility index (Phi) is 2.74. The average molecular weight is 181 g/mol. The van der Waals surface area contributed by atoms with E-state index in [-0.39, 0.29) is 12.3 Å². The van der Waals surface area contributed by atoms with Gasteiger partial charge < -0.3 is 15.5 Å². The van der Waals surface area contributed by atoms with Gasteiger partial charge in [0.1, 0.15) is 12.3 Å². The highest BCUT2D eigenvalue weighted by molar-refractivity contribution is 5.74. The van der Waals surface area contributed by atoms with E-state index < -0.39 is 5.97 Å². The summed E-state index contributed by atoms with van der Waals surface area (Å²) in [5.74, 6) is -0.896. The zero-order valence-electron chi connectivity index (χ0n) is 7.24.